The molecule has 0 aromatic heterocycles. The monoisotopic (exact) mass is 313 g/mol. The Balaban J connectivity index is 1.83. The average Bonchev–Trinajstić information content (AvgIpc) is 2.47. The summed E-state index contributed by atoms with van der Waals surface area (Å²) in [5, 5.41) is 5.05. The third-order valence-corrected chi connectivity index (χ3v) is 4.75. The SMILES string of the molecule is NCC1CCCCN1CCOc1ccc(S(N)(=O)=O)cc1. The summed E-state index contributed by atoms with van der Waals surface area (Å²) >= 11 is 0. The van der Waals surface area contributed by atoms with Crippen LogP contribution in [0.3, 0.4) is 0 Å². The maximum absolute atomic E-state index is 11.2. The zero-order valence-corrected chi connectivity index (χ0v) is 12.9. The number of benzene rings is 1. The van der Waals surface area contributed by atoms with Gasteiger partial charge in [-0.05, 0) is 43.7 Å². The van der Waals surface area contributed by atoms with E-state index in [0.717, 1.165) is 19.5 Å². The van der Waals surface area contributed by atoms with Crippen LogP contribution in [-0.2, 0) is 10.0 Å². The molecule has 1 atom stereocenters. The minimum atomic E-state index is -3.65. The molecule has 1 aliphatic heterocycles. The van der Waals surface area contributed by atoms with Crippen molar-refractivity contribution < 1.29 is 13.2 Å². The highest BCUT2D eigenvalue weighted by Gasteiger charge is 2.20. The topological polar surface area (TPSA) is 98.6 Å². The largest absolute Gasteiger partial charge is 0.492 e. The van der Waals surface area contributed by atoms with Gasteiger partial charge in [0.25, 0.3) is 0 Å². The molecule has 1 aliphatic rings. The Kier molecular flexibility index (Phi) is 5.58. The smallest absolute Gasteiger partial charge is 0.238 e. The molecule has 4 N–H and O–H groups in total. The van der Waals surface area contributed by atoms with Gasteiger partial charge in [-0.3, -0.25) is 4.90 Å². The van der Waals surface area contributed by atoms with Crippen molar-refractivity contribution >= 4 is 10.0 Å². The summed E-state index contributed by atoms with van der Waals surface area (Å²) in [5.74, 6) is 0.642. The summed E-state index contributed by atoms with van der Waals surface area (Å²) < 4.78 is 28.0. The van der Waals surface area contributed by atoms with Gasteiger partial charge in [0.15, 0.2) is 0 Å². The Labute approximate surface area is 126 Å². The van der Waals surface area contributed by atoms with Crippen molar-refractivity contribution in [1.82, 2.24) is 4.90 Å². The quantitative estimate of drug-likeness (QED) is 0.798. The molecule has 0 radical (unpaired) electrons. The molecule has 0 saturated carbocycles. The summed E-state index contributed by atoms with van der Waals surface area (Å²) in [6, 6.07) is 6.60. The van der Waals surface area contributed by atoms with Crippen LogP contribution < -0.4 is 15.6 Å². The molecule has 0 spiro atoms. The molecule has 7 heteroatoms. The van der Waals surface area contributed by atoms with E-state index in [1.165, 1.54) is 25.0 Å². The lowest BCUT2D eigenvalue weighted by atomic mass is 10.0. The number of nitrogens with zero attached hydrogens (tertiary/aromatic N) is 1. The number of ether oxygens (including phenoxy) is 1. The second-order valence-corrected chi connectivity index (χ2v) is 6.85. The number of nitrogens with two attached hydrogens (primary N) is 2. The molecular weight excluding hydrogens is 290 g/mol. The van der Waals surface area contributed by atoms with E-state index >= 15 is 0 Å². The van der Waals surface area contributed by atoms with Crippen LogP contribution >= 0.6 is 0 Å². The van der Waals surface area contributed by atoms with E-state index in [-0.39, 0.29) is 4.90 Å². The van der Waals surface area contributed by atoms with Crippen molar-refractivity contribution in [2.75, 3.05) is 26.2 Å². The van der Waals surface area contributed by atoms with Crippen LogP contribution in [0.5, 0.6) is 5.75 Å². The highest BCUT2D eigenvalue weighted by molar-refractivity contribution is 7.89. The van der Waals surface area contributed by atoms with Crippen LogP contribution in [0.2, 0.25) is 0 Å². The second kappa shape index (κ2) is 7.22. The lowest BCUT2D eigenvalue weighted by Gasteiger charge is -2.34. The number of sulfonamides is 1. The van der Waals surface area contributed by atoms with Crippen molar-refractivity contribution in [3.05, 3.63) is 24.3 Å². The predicted molar refractivity (Wildman–Crippen MR) is 81.6 cm³/mol. The first-order chi connectivity index (χ1) is 10.0. The fourth-order valence-corrected chi connectivity index (χ4v) is 3.14. The molecular formula is C14H23N3O3S. The number of primary sulfonamides is 1. The zero-order chi connectivity index (χ0) is 15.3. The van der Waals surface area contributed by atoms with Crippen LogP contribution in [0.1, 0.15) is 19.3 Å². The Morgan fingerprint density at radius 3 is 2.57 bits per heavy atom. The van der Waals surface area contributed by atoms with Gasteiger partial charge in [-0.25, -0.2) is 13.6 Å². The van der Waals surface area contributed by atoms with Gasteiger partial charge in [0.2, 0.25) is 10.0 Å². The van der Waals surface area contributed by atoms with E-state index in [2.05, 4.69) is 4.90 Å². The summed E-state index contributed by atoms with van der Waals surface area (Å²) in [6.07, 6.45) is 3.60. The van der Waals surface area contributed by atoms with Gasteiger partial charge in [0, 0.05) is 19.1 Å². The van der Waals surface area contributed by atoms with Gasteiger partial charge in [0.1, 0.15) is 12.4 Å². The first-order valence-corrected chi connectivity index (χ1v) is 8.75. The average molecular weight is 313 g/mol. The molecule has 1 saturated heterocycles. The van der Waals surface area contributed by atoms with Crippen molar-refractivity contribution in [2.45, 2.75) is 30.2 Å². The highest BCUT2D eigenvalue weighted by atomic mass is 32.2. The van der Waals surface area contributed by atoms with Gasteiger partial charge in [-0.1, -0.05) is 6.42 Å². The molecule has 118 valence electrons. The zero-order valence-electron chi connectivity index (χ0n) is 12.1. The molecule has 1 aromatic rings. The lowest BCUT2D eigenvalue weighted by molar-refractivity contribution is 0.127. The molecule has 1 heterocycles. The summed E-state index contributed by atoms with van der Waals surface area (Å²) in [5.41, 5.74) is 5.78. The molecule has 0 bridgehead atoms. The molecule has 1 unspecified atom stereocenters. The lowest BCUT2D eigenvalue weighted by Crippen LogP contribution is -2.45. The summed E-state index contributed by atoms with van der Waals surface area (Å²) in [4.78, 5) is 2.46. The van der Waals surface area contributed by atoms with Gasteiger partial charge < -0.3 is 10.5 Å². The molecule has 1 aromatic carbocycles. The molecule has 1 fully saturated rings. The molecule has 0 aliphatic carbocycles. The first kappa shape index (κ1) is 16.2. The summed E-state index contributed by atoms with van der Waals surface area (Å²) in [6.45, 7) is 3.14. The number of rotatable bonds is 6. The van der Waals surface area contributed by atoms with Crippen molar-refractivity contribution in [3.63, 3.8) is 0 Å². The predicted octanol–water partition coefficient (Wildman–Crippen LogP) is 0.526. The van der Waals surface area contributed by atoms with Crippen molar-refractivity contribution in [1.29, 1.82) is 0 Å². The Morgan fingerprint density at radius 1 is 1.24 bits per heavy atom. The van der Waals surface area contributed by atoms with Crippen LogP contribution in [0, 0.1) is 0 Å². The van der Waals surface area contributed by atoms with E-state index in [1.807, 2.05) is 0 Å². The Bertz CT molecular complexity index is 545. The maximum Gasteiger partial charge on any atom is 0.238 e. The van der Waals surface area contributed by atoms with Gasteiger partial charge in [-0.2, -0.15) is 0 Å². The van der Waals surface area contributed by atoms with Crippen LogP contribution in [0.25, 0.3) is 0 Å². The third kappa shape index (κ3) is 4.67. The van der Waals surface area contributed by atoms with Gasteiger partial charge in [-0.15, -0.1) is 0 Å². The minimum Gasteiger partial charge on any atom is -0.492 e. The van der Waals surface area contributed by atoms with E-state index in [1.54, 1.807) is 12.1 Å². The molecule has 21 heavy (non-hydrogen) atoms. The van der Waals surface area contributed by atoms with E-state index < -0.39 is 10.0 Å². The molecule has 6 nitrogen and oxygen atoms in total. The van der Waals surface area contributed by atoms with Gasteiger partial charge >= 0.3 is 0 Å². The molecule has 0 amide bonds. The Morgan fingerprint density at radius 2 is 1.95 bits per heavy atom. The first-order valence-electron chi connectivity index (χ1n) is 7.20. The minimum absolute atomic E-state index is 0.0917. The van der Waals surface area contributed by atoms with Gasteiger partial charge in [0.05, 0.1) is 4.90 Å². The third-order valence-electron chi connectivity index (χ3n) is 3.82. The summed E-state index contributed by atoms with van der Waals surface area (Å²) in [7, 11) is -3.65. The number of hydrogen-bond donors (Lipinski definition) is 2. The van der Waals surface area contributed by atoms with Crippen LogP contribution in [-0.4, -0.2) is 45.6 Å². The Hall–Kier alpha value is -1.15. The fraction of sp³-hybridized carbons (Fsp3) is 0.571. The van der Waals surface area contributed by atoms with E-state index in [9.17, 15) is 8.42 Å². The normalized spacial score (nSPS) is 20.4. The standard InChI is InChI=1S/C14H23N3O3S/c15-11-12-3-1-2-8-17(12)9-10-20-13-4-6-14(7-5-13)21(16,18)19/h4-7,12H,1-3,8-11,15H2,(H2,16,18,19). The van der Waals surface area contributed by atoms with E-state index in [4.69, 9.17) is 15.6 Å². The van der Waals surface area contributed by atoms with E-state index in [0.29, 0.717) is 24.9 Å². The van der Waals surface area contributed by atoms with Crippen molar-refractivity contribution in [2.24, 2.45) is 10.9 Å². The number of piperidine rings is 1. The van der Waals surface area contributed by atoms with Crippen LogP contribution in [0.4, 0.5) is 0 Å². The molecule has 2 rings (SSSR count). The highest BCUT2D eigenvalue weighted by Crippen LogP contribution is 2.17. The number of likely N-dealkylation sites (tertiary alicyclic amines) is 1. The van der Waals surface area contributed by atoms with Crippen molar-refractivity contribution in [3.8, 4) is 5.75 Å². The number of hydrogen-bond acceptors (Lipinski definition) is 5. The fourth-order valence-electron chi connectivity index (χ4n) is 2.63. The maximum atomic E-state index is 11.2. The second-order valence-electron chi connectivity index (χ2n) is 5.29. The van der Waals surface area contributed by atoms with Crippen LogP contribution in [0.15, 0.2) is 29.2 Å².